The predicted octanol–water partition coefficient (Wildman–Crippen LogP) is 4.95. The molecule has 0 bridgehead atoms. The SMILES string of the molecule is C.C.C.C.C[SiH](C)O[Si](C)(C)O[Si](C)(C)O[SiH](C)C. The van der Waals surface area contributed by atoms with Crippen LogP contribution in [0.4, 0.5) is 0 Å². The maximum atomic E-state index is 6.15. The van der Waals surface area contributed by atoms with Crippen LogP contribution in [0.1, 0.15) is 29.7 Å². The van der Waals surface area contributed by atoms with Crippen molar-refractivity contribution in [3.05, 3.63) is 0 Å². The van der Waals surface area contributed by atoms with E-state index >= 15 is 0 Å². The van der Waals surface area contributed by atoms with Crippen molar-refractivity contribution in [1.29, 1.82) is 0 Å². The highest BCUT2D eigenvalue weighted by molar-refractivity contribution is 6.84. The average Bonchev–Trinajstić information content (AvgIpc) is 1.73. The van der Waals surface area contributed by atoms with Gasteiger partial charge in [-0.05, 0) is 52.4 Å². The highest BCUT2D eigenvalue weighted by Gasteiger charge is 2.37. The van der Waals surface area contributed by atoms with Gasteiger partial charge < -0.3 is 12.3 Å². The summed E-state index contributed by atoms with van der Waals surface area (Å²) in [5.41, 5.74) is 0. The Morgan fingerprint density at radius 2 is 0.789 bits per heavy atom. The maximum Gasteiger partial charge on any atom is 0.312 e. The second-order valence-corrected chi connectivity index (χ2v) is 17.7. The fourth-order valence-electron chi connectivity index (χ4n) is 1.78. The van der Waals surface area contributed by atoms with Crippen LogP contribution in [-0.4, -0.2) is 35.2 Å². The molecule has 0 aliphatic heterocycles. The molecule has 0 fully saturated rings. The van der Waals surface area contributed by atoms with Crippen molar-refractivity contribution in [2.75, 3.05) is 0 Å². The molecule has 0 aromatic rings. The molecule has 0 atom stereocenters. The smallest absolute Gasteiger partial charge is 0.312 e. The third kappa shape index (κ3) is 18.7. The van der Waals surface area contributed by atoms with Crippen molar-refractivity contribution in [3.8, 4) is 0 Å². The second kappa shape index (κ2) is 12.5. The zero-order valence-corrected chi connectivity index (χ0v) is 15.7. The van der Waals surface area contributed by atoms with Crippen LogP contribution < -0.4 is 0 Å². The number of hydrogen-bond acceptors (Lipinski definition) is 3. The Balaban J connectivity index is -0.000000163. The molecule has 0 aliphatic carbocycles. The summed E-state index contributed by atoms with van der Waals surface area (Å²) < 4.78 is 18.1. The van der Waals surface area contributed by atoms with Crippen molar-refractivity contribution < 1.29 is 12.3 Å². The molecule has 0 saturated heterocycles. The van der Waals surface area contributed by atoms with Gasteiger partial charge in [-0.25, -0.2) is 0 Å². The number of rotatable bonds is 6. The first kappa shape index (κ1) is 31.9. The molecule has 0 rings (SSSR count). The molecule has 0 aromatic carbocycles. The molecule has 0 aromatic heterocycles. The minimum Gasteiger partial charge on any atom is -0.440 e. The molecule has 0 spiro atoms. The lowest BCUT2D eigenvalue weighted by molar-refractivity contribution is 0.340. The Labute approximate surface area is 130 Å². The number of hydrogen-bond donors (Lipinski definition) is 0. The molecule has 0 radical (unpaired) electrons. The fraction of sp³-hybridized carbons (Fsp3) is 1.00. The van der Waals surface area contributed by atoms with E-state index in [0.29, 0.717) is 0 Å². The lowest BCUT2D eigenvalue weighted by atomic mass is 11.9. The largest absolute Gasteiger partial charge is 0.440 e. The van der Waals surface area contributed by atoms with Gasteiger partial charge in [0.25, 0.3) is 0 Å². The van der Waals surface area contributed by atoms with Gasteiger partial charge in [0.15, 0.2) is 18.1 Å². The lowest BCUT2D eigenvalue weighted by Crippen LogP contribution is -2.51. The lowest BCUT2D eigenvalue weighted by Gasteiger charge is -2.35. The van der Waals surface area contributed by atoms with Gasteiger partial charge in [0.2, 0.25) is 0 Å². The average molecular weight is 347 g/mol. The first-order valence-electron chi connectivity index (χ1n) is 5.60. The molecule has 3 nitrogen and oxygen atoms in total. The first-order chi connectivity index (χ1) is 6.54. The summed E-state index contributed by atoms with van der Waals surface area (Å²) >= 11 is 0. The predicted molar refractivity (Wildman–Crippen MR) is 103 cm³/mol. The van der Waals surface area contributed by atoms with E-state index in [9.17, 15) is 0 Å². The van der Waals surface area contributed by atoms with Gasteiger partial charge in [0.1, 0.15) is 0 Å². The van der Waals surface area contributed by atoms with Crippen LogP contribution in [-0.2, 0) is 12.3 Å². The van der Waals surface area contributed by atoms with Crippen LogP contribution in [0.15, 0.2) is 0 Å². The van der Waals surface area contributed by atoms with Gasteiger partial charge in [0.05, 0.1) is 0 Å². The fourth-order valence-corrected chi connectivity index (χ4v) is 16.8. The van der Waals surface area contributed by atoms with E-state index in [1.807, 2.05) is 0 Å². The van der Waals surface area contributed by atoms with E-state index < -0.39 is 35.2 Å². The molecule has 0 aliphatic rings. The Bertz CT molecular complexity index is 177. The molecule has 124 valence electrons. The van der Waals surface area contributed by atoms with Gasteiger partial charge >= 0.3 is 17.1 Å². The van der Waals surface area contributed by atoms with Gasteiger partial charge in [-0.2, -0.15) is 0 Å². The van der Waals surface area contributed by atoms with Crippen molar-refractivity contribution in [3.63, 3.8) is 0 Å². The van der Waals surface area contributed by atoms with Gasteiger partial charge in [-0.15, -0.1) is 0 Å². The van der Waals surface area contributed by atoms with E-state index in [1.54, 1.807) is 0 Å². The molecule has 19 heavy (non-hydrogen) atoms. The summed E-state index contributed by atoms with van der Waals surface area (Å²) in [6.45, 7) is 17.2. The molecule has 0 N–H and O–H groups in total. The Hall–Kier alpha value is 0.748. The van der Waals surface area contributed by atoms with Gasteiger partial charge in [-0.1, -0.05) is 29.7 Å². The van der Waals surface area contributed by atoms with Crippen molar-refractivity contribution in [2.45, 2.75) is 82.1 Å². The molecular formula is C12H42O3Si4. The molecule has 7 heteroatoms. The van der Waals surface area contributed by atoms with Gasteiger partial charge in [0, 0.05) is 0 Å². The zero-order valence-electron chi connectivity index (χ0n) is 11.4. The Kier molecular flexibility index (Phi) is 21.0. The van der Waals surface area contributed by atoms with E-state index in [-0.39, 0.29) is 29.7 Å². The van der Waals surface area contributed by atoms with Crippen LogP contribution in [0.3, 0.4) is 0 Å². The van der Waals surface area contributed by atoms with Crippen LogP contribution in [0.25, 0.3) is 0 Å². The van der Waals surface area contributed by atoms with Crippen LogP contribution in [0.5, 0.6) is 0 Å². The molecular weight excluding hydrogens is 304 g/mol. The van der Waals surface area contributed by atoms with Gasteiger partial charge in [-0.3, -0.25) is 0 Å². The minimum atomic E-state index is -1.95. The van der Waals surface area contributed by atoms with Crippen LogP contribution in [0, 0.1) is 0 Å². The van der Waals surface area contributed by atoms with Crippen LogP contribution in [0.2, 0.25) is 52.4 Å². The second-order valence-electron chi connectivity index (χ2n) is 5.23. The maximum absolute atomic E-state index is 6.15. The Morgan fingerprint density at radius 1 is 0.579 bits per heavy atom. The molecule has 0 unspecified atom stereocenters. The summed E-state index contributed by atoms with van der Waals surface area (Å²) in [6, 6.07) is 0. The third-order valence-corrected chi connectivity index (χ3v) is 13.8. The minimum absolute atomic E-state index is 0. The highest BCUT2D eigenvalue weighted by atomic mass is 28.5. The summed E-state index contributed by atoms with van der Waals surface area (Å²) in [5.74, 6) is 0. The summed E-state index contributed by atoms with van der Waals surface area (Å²) in [4.78, 5) is 0. The standard InChI is InChI=1S/C8H26O3Si4.4CH4/c1-12(2)9-14(5,6)11-15(7,8)10-13(3)4;;;;/h12-13H,1-8H3;4*1H4. The monoisotopic (exact) mass is 346 g/mol. The third-order valence-electron chi connectivity index (χ3n) is 1.53. The highest BCUT2D eigenvalue weighted by Crippen LogP contribution is 2.18. The van der Waals surface area contributed by atoms with Crippen molar-refractivity contribution in [2.24, 2.45) is 0 Å². The quantitative estimate of drug-likeness (QED) is 0.637. The summed E-state index contributed by atoms with van der Waals surface area (Å²) in [6.07, 6.45) is 0. The van der Waals surface area contributed by atoms with E-state index in [2.05, 4.69) is 52.4 Å². The van der Waals surface area contributed by atoms with Crippen LogP contribution >= 0.6 is 0 Å². The van der Waals surface area contributed by atoms with Crippen molar-refractivity contribution >= 4 is 35.2 Å². The summed E-state index contributed by atoms with van der Waals surface area (Å²) in [5, 5.41) is 0. The molecule has 0 saturated carbocycles. The topological polar surface area (TPSA) is 27.7 Å². The van der Waals surface area contributed by atoms with E-state index in [0.717, 1.165) is 0 Å². The summed E-state index contributed by atoms with van der Waals surface area (Å²) in [7, 11) is -5.91. The van der Waals surface area contributed by atoms with Crippen molar-refractivity contribution in [1.82, 2.24) is 0 Å². The van der Waals surface area contributed by atoms with E-state index in [4.69, 9.17) is 12.3 Å². The Morgan fingerprint density at radius 3 is 0.947 bits per heavy atom. The van der Waals surface area contributed by atoms with E-state index in [1.165, 1.54) is 0 Å². The first-order valence-corrected chi connectivity index (χ1v) is 16.8. The normalized spacial score (nSPS) is 11.1. The zero-order chi connectivity index (χ0) is 12.3. The molecule has 0 heterocycles. The molecule has 0 amide bonds.